The van der Waals surface area contributed by atoms with Crippen molar-refractivity contribution in [2.75, 3.05) is 0 Å². The summed E-state index contributed by atoms with van der Waals surface area (Å²) in [4.78, 5) is 0. The van der Waals surface area contributed by atoms with Gasteiger partial charge in [-0.15, -0.1) is 0 Å². The number of rotatable bonds is 3. The molecule has 2 saturated carbocycles. The van der Waals surface area contributed by atoms with E-state index in [0.717, 1.165) is 37.9 Å². The van der Waals surface area contributed by atoms with E-state index in [1.54, 1.807) is 0 Å². The molecule has 3 aliphatic carbocycles. The van der Waals surface area contributed by atoms with Crippen LogP contribution in [0.25, 0.3) is 0 Å². The Morgan fingerprint density at radius 3 is 2.71 bits per heavy atom. The van der Waals surface area contributed by atoms with Crippen LogP contribution in [0.3, 0.4) is 0 Å². The molecular formula is C25H30O3. The first kappa shape index (κ1) is 18.2. The van der Waals surface area contributed by atoms with E-state index < -0.39 is 12.2 Å². The van der Waals surface area contributed by atoms with Crippen molar-refractivity contribution in [3.8, 4) is 5.75 Å². The summed E-state index contributed by atoms with van der Waals surface area (Å²) in [7, 11) is 0. The van der Waals surface area contributed by atoms with Crippen LogP contribution in [0.2, 0.25) is 0 Å². The lowest BCUT2D eigenvalue weighted by atomic mass is 9.55. The number of aryl methyl sites for hydroxylation is 1. The predicted octanol–water partition coefficient (Wildman–Crippen LogP) is 4.45. The molecule has 2 N–H and O–H groups in total. The quantitative estimate of drug-likeness (QED) is 0.829. The van der Waals surface area contributed by atoms with Gasteiger partial charge in [0.25, 0.3) is 0 Å². The van der Waals surface area contributed by atoms with Crippen LogP contribution in [-0.4, -0.2) is 22.4 Å². The van der Waals surface area contributed by atoms with Crippen LogP contribution in [0, 0.1) is 17.3 Å². The predicted molar refractivity (Wildman–Crippen MR) is 109 cm³/mol. The molecule has 0 spiro atoms. The van der Waals surface area contributed by atoms with E-state index in [1.807, 2.05) is 18.2 Å². The van der Waals surface area contributed by atoms with Gasteiger partial charge in [0, 0.05) is 0 Å². The van der Waals surface area contributed by atoms with Gasteiger partial charge in [-0.3, -0.25) is 0 Å². The third-order valence-electron chi connectivity index (χ3n) is 7.92. The van der Waals surface area contributed by atoms with Crippen LogP contribution in [0.5, 0.6) is 5.75 Å². The smallest absolute Gasteiger partial charge is 0.120 e. The van der Waals surface area contributed by atoms with E-state index in [2.05, 4.69) is 37.3 Å². The fourth-order valence-electron chi connectivity index (χ4n) is 6.38. The summed E-state index contributed by atoms with van der Waals surface area (Å²) >= 11 is 0. The molecule has 3 nitrogen and oxygen atoms in total. The first-order valence-electron chi connectivity index (χ1n) is 10.7. The average Bonchev–Trinajstić information content (AvgIpc) is 2.96. The third kappa shape index (κ3) is 2.87. The molecule has 0 aliphatic heterocycles. The molecule has 0 amide bonds. The zero-order chi connectivity index (χ0) is 19.3. The number of hydrogen-bond donors (Lipinski definition) is 2. The van der Waals surface area contributed by atoms with Crippen molar-refractivity contribution in [3.05, 3.63) is 65.2 Å². The van der Waals surface area contributed by atoms with Crippen LogP contribution in [0.1, 0.15) is 55.2 Å². The summed E-state index contributed by atoms with van der Waals surface area (Å²) in [5.74, 6) is 2.52. The lowest BCUT2D eigenvalue weighted by Crippen LogP contribution is -2.44. The highest BCUT2D eigenvalue weighted by atomic mass is 16.5. The van der Waals surface area contributed by atoms with Crippen molar-refractivity contribution in [2.24, 2.45) is 17.3 Å². The number of aliphatic hydroxyl groups excluding tert-OH is 2. The molecule has 0 bridgehead atoms. The van der Waals surface area contributed by atoms with Crippen molar-refractivity contribution >= 4 is 0 Å². The highest BCUT2D eigenvalue weighted by molar-refractivity contribution is 5.41. The molecule has 2 fully saturated rings. The molecule has 0 radical (unpaired) electrons. The zero-order valence-electron chi connectivity index (χ0n) is 16.6. The first-order chi connectivity index (χ1) is 13.6. The Balaban J connectivity index is 1.35. The Bertz CT molecular complexity index is 848. The van der Waals surface area contributed by atoms with Gasteiger partial charge in [-0.2, -0.15) is 0 Å². The van der Waals surface area contributed by atoms with Gasteiger partial charge in [0.15, 0.2) is 0 Å². The maximum Gasteiger partial charge on any atom is 0.120 e. The Morgan fingerprint density at radius 2 is 1.89 bits per heavy atom. The van der Waals surface area contributed by atoms with Crippen molar-refractivity contribution in [2.45, 2.75) is 63.8 Å². The Labute approximate surface area is 167 Å². The van der Waals surface area contributed by atoms with Crippen LogP contribution >= 0.6 is 0 Å². The third-order valence-corrected chi connectivity index (χ3v) is 7.92. The van der Waals surface area contributed by atoms with E-state index in [-0.39, 0.29) is 5.41 Å². The zero-order valence-corrected chi connectivity index (χ0v) is 16.6. The molecule has 2 aromatic rings. The number of fused-ring (bicyclic) bond motifs is 5. The van der Waals surface area contributed by atoms with Crippen LogP contribution in [0.4, 0.5) is 0 Å². The van der Waals surface area contributed by atoms with Crippen molar-refractivity contribution in [3.63, 3.8) is 0 Å². The topological polar surface area (TPSA) is 49.7 Å². The van der Waals surface area contributed by atoms with E-state index in [0.29, 0.717) is 24.4 Å². The summed E-state index contributed by atoms with van der Waals surface area (Å²) in [6.45, 7) is 2.80. The molecule has 3 heteroatoms. The van der Waals surface area contributed by atoms with E-state index in [9.17, 15) is 10.2 Å². The summed E-state index contributed by atoms with van der Waals surface area (Å²) in [5.41, 5.74) is 3.97. The molecule has 0 saturated heterocycles. The molecule has 6 atom stereocenters. The van der Waals surface area contributed by atoms with Gasteiger partial charge in [0.05, 0.1) is 12.2 Å². The highest BCUT2D eigenvalue weighted by Gasteiger charge is 2.57. The van der Waals surface area contributed by atoms with E-state index in [4.69, 9.17) is 4.74 Å². The second-order valence-electron chi connectivity index (χ2n) is 9.34. The van der Waals surface area contributed by atoms with Gasteiger partial charge in [0.2, 0.25) is 0 Å². The Morgan fingerprint density at radius 1 is 1.07 bits per heavy atom. The average molecular weight is 379 g/mol. The van der Waals surface area contributed by atoms with E-state index >= 15 is 0 Å². The molecule has 148 valence electrons. The van der Waals surface area contributed by atoms with Gasteiger partial charge in [-0.05, 0) is 84.1 Å². The van der Waals surface area contributed by atoms with Crippen LogP contribution in [0.15, 0.2) is 48.5 Å². The largest absolute Gasteiger partial charge is 0.489 e. The summed E-state index contributed by atoms with van der Waals surface area (Å²) in [6, 6.07) is 16.9. The van der Waals surface area contributed by atoms with Crippen molar-refractivity contribution in [1.29, 1.82) is 0 Å². The second-order valence-corrected chi connectivity index (χ2v) is 9.34. The van der Waals surface area contributed by atoms with Crippen LogP contribution in [-0.2, 0) is 13.0 Å². The maximum absolute atomic E-state index is 10.6. The lowest BCUT2D eigenvalue weighted by Gasteiger charge is -2.49. The van der Waals surface area contributed by atoms with Gasteiger partial charge < -0.3 is 14.9 Å². The maximum atomic E-state index is 10.6. The Kier molecular flexibility index (Phi) is 4.48. The molecule has 0 heterocycles. The monoisotopic (exact) mass is 378 g/mol. The minimum atomic E-state index is -0.561. The minimum Gasteiger partial charge on any atom is -0.489 e. The van der Waals surface area contributed by atoms with Crippen molar-refractivity contribution in [1.82, 2.24) is 0 Å². The fourth-order valence-corrected chi connectivity index (χ4v) is 6.38. The van der Waals surface area contributed by atoms with Crippen molar-refractivity contribution < 1.29 is 14.9 Å². The molecule has 2 unspecified atom stereocenters. The molecule has 28 heavy (non-hydrogen) atoms. The van der Waals surface area contributed by atoms with Gasteiger partial charge in [0.1, 0.15) is 12.4 Å². The minimum absolute atomic E-state index is 0.114. The second kappa shape index (κ2) is 6.89. The molecule has 5 rings (SSSR count). The van der Waals surface area contributed by atoms with Gasteiger partial charge in [-0.25, -0.2) is 0 Å². The summed E-state index contributed by atoms with van der Waals surface area (Å²) < 4.78 is 6.04. The SMILES string of the molecule is C[C@]12CC[C@@H]3c4ccc(OCc5ccccc5)cc4CC[C@H]3[C@@H]1CC(O)C2O. The highest BCUT2D eigenvalue weighted by Crippen LogP contribution is 2.60. The normalized spacial score (nSPS) is 36.3. The number of benzene rings is 2. The summed E-state index contributed by atoms with van der Waals surface area (Å²) in [6.07, 6.45) is 3.98. The first-order valence-corrected chi connectivity index (χ1v) is 10.7. The lowest BCUT2D eigenvalue weighted by molar-refractivity contribution is -0.0505. The Hall–Kier alpha value is -1.84. The molecular weight excluding hydrogens is 348 g/mol. The number of aliphatic hydroxyl groups is 2. The molecule has 3 aliphatic rings. The number of hydrogen-bond acceptors (Lipinski definition) is 3. The van der Waals surface area contributed by atoms with Gasteiger partial charge >= 0.3 is 0 Å². The molecule has 0 aromatic heterocycles. The van der Waals surface area contributed by atoms with E-state index in [1.165, 1.54) is 16.7 Å². The standard InChI is InChI=1S/C25H30O3/c1-25-12-11-20-19-10-8-18(28-15-16-5-3-2-4-6-16)13-17(19)7-9-21(20)22(25)14-23(26)24(25)27/h2-6,8,10,13,20-24,26-27H,7,9,11-12,14-15H2,1H3/t20-,21-,22+,23?,24?,25+/m1/s1. The fraction of sp³-hybridized carbons (Fsp3) is 0.520. The summed E-state index contributed by atoms with van der Waals surface area (Å²) in [5, 5.41) is 20.9. The van der Waals surface area contributed by atoms with Gasteiger partial charge in [-0.1, -0.05) is 43.3 Å². The molecule has 2 aromatic carbocycles. The number of ether oxygens (including phenoxy) is 1. The van der Waals surface area contributed by atoms with Crippen LogP contribution < -0.4 is 4.74 Å².